The summed E-state index contributed by atoms with van der Waals surface area (Å²) in [6.07, 6.45) is 0. The predicted octanol–water partition coefficient (Wildman–Crippen LogP) is 3.40. The Labute approximate surface area is 163 Å². The smallest absolute Gasteiger partial charge is 0.345 e. The molecular weight excluding hydrogens is 382 g/mol. The summed E-state index contributed by atoms with van der Waals surface area (Å²) in [5.41, 5.74) is 1.44. The topological polar surface area (TPSA) is 118 Å². The van der Waals surface area contributed by atoms with Gasteiger partial charge in [0, 0.05) is 23.1 Å². The molecule has 0 fully saturated rings. The van der Waals surface area contributed by atoms with Crippen molar-refractivity contribution < 1.29 is 28.3 Å². The average molecular weight is 397 g/mol. The number of ether oxygens (including phenoxy) is 3. The number of aryl methyl sites for hydroxylation is 2. The van der Waals surface area contributed by atoms with E-state index in [0.29, 0.717) is 16.5 Å². The van der Waals surface area contributed by atoms with Gasteiger partial charge in [0.1, 0.15) is 17.8 Å². The molecule has 1 aromatic heterocycles. The van der Waals surface area contributed by atoms with E-state index in [9.17, 15) is 19.7 Å². The number of hydrogen-bond acceptors (Lipinski definition) is 8. The lowest BCUT2D eigenvalue weighted by molar-refractivity contribution is -0.385. The normalized spacial score (nSPS) is 12.2. The van der Waals surface area contributed by atoms with Gasteiger partial charge in [-0.15, -0.1) is 0 Å². The molecule has 2 aromatic carbocycles. The molecule has 29 heavy (non-hydrogen) atoms. The summed E-state index contributed by atoms with van der Waals surface area (Å²) in [6.45, 7) is 3.45. The lowest BCUT2D eigenvalue weighted by Crippen LogP contribution is -2.10. The summed E-state index contributed by atoms with van der Waals surface area (Å²) < 4.78 is 20.8. The number of nitro groups is 1. The van der Waals surface area contributed by atoms with Crippen molar-refractivity contribution in [1.29, 1.82) is 0 Å². The Kier molecular flexibility index (Phi) is 4.42. The molecule has 0 N–H and O–H groups in total. The van der Waals surface area contributed by atoms with Gasteiger partial charge in [0.05, 0.1) is 11.0 Å². The summed E-state index contributed by atoms with van der Waals surface area (Å²) in [7, 11) is 0. The Balaban J connectivity index is 1.67. The molecule has 9 heteroatoms. The maximum atomic E-state index is 12.6. The van der Waals surface area contributed by atoms with Crippen LogP contribution in [0.5, 0.6) is 11.5 Å². The third-order valence-corrected chi connectivity index (χ3v) is 4.71. The molecule has 3 aromatic rings. The zero-order chi connectivity index (χ0) is 20.7. The number of rotatable bonds is 4. The first-order valence-corrected chi connectivity index (χ1v) is 8.62. The molecule has 2 heterocycles. The molecule has 0 atom stereocenters. The van der Waals surface area contributed by atoms with E-state index in [-0.39, 0.29) is 30.5 Å². The maximum Gasteiger partial charge on any atom is 0.345 e. The Morgan fingerprint density at radius 1 is 1.10 bits per heavy atom. The van der Waals surface area contributed by atoms with Gasteiger partial charge in [-0.2, -0.15) is 0 Å². The Morgan fingerprint density at radius 2 is 1.79 bits per heavy atom. The van der Waals surface area contributed by atoms with Gasteiger partial charge >= 0.3 is 11.6 Å². The minimum atomic E-state index is -0.916. The molecule has 148 valence electrons. The maximum absolute atomic E-state index is 12.6. The van der Waals surface area contributed by atoms with E-state index < -0.39 is 22.2 Å². The molecule has 4 rings (SSSR count). The number of nitrogens with zero attached hydrogens (tertiary/aromatic N) is 1. The Bertz CT molecular complexity index is 1230. The van der Waals surface area contributed by atoms with Crippen molar-refractivity contribution in [2.45, 2.75) is 20.5 Å². The molecular formula is C20H15NO8. The number of carbonyl (C=O) groups is 1. The first-order chi connectivity index (χ1) is 13.8. The van der Waals surface area contributed by atoms with Crippen LogP contribution in [0, 0.1) is 24.0 Å². The molecule has 1 aliphatic heterocycles. The van der Waals surface area contributed by atoms with Crippen LogP contribution in [0.25, 0.3) is 11.0 Å². The first kappa shape index (κ1) is 18.5. The number of benzene rings is 2. The molecule has 0 amide bonds. The van der Waals surface area contributed by atoms with Crippen molar-refractivity contribution in [3.8, 4) is 11.5 Å². The van der Waals surface area contributed by atoms with E-state index in [1.165, 1.54) is 12.1 Å². The van der Waals surface area contributed by atoms with Crippen LogP contribution in [0.1, 0.15) is 27.0 Å². The highest BCUT2D eigenvalue weighted by atomic mass is 16.7. The first-order valence-electron chi connectivity index (χ1n) is 8.62. The monoisotopic (exact) mass is 397 g/mol. The number of nitro benzene ring substituents is 1. The van der Waals surface area contributed by atoms with Crippen LogP contribution in [0.4, 0.5) is 5.69 Å². The lowest BCUT2D eigenvalue weighted by Gasteiger charge is -2.10. The minimum absolute atomic E-state index is 0.0878. The fourth-order valence-corrected chi connectivity index (χ4v) is 3.07. The van der Waals surface area contributed by atoms with Gasteiger partial charge in [0.2, 0.25) is 6.79 Å². The molecule has 9 nitrogen and oxygen atoms in total. The van der Waals surface area contributed by atoms with Gasteiger partial charge in [-0.3, -0.25) is 10.1 Å². The molecule has 0 aliphatic carbocycles. The zero-order valence-electron chi connectivity index (χ0n) is 15.5. The fourth-order valence-electron chi connectivity index (χ4n) is 3.07. The van der Waals surface area contributed by atoms with Crippen LogP contribution < -0.4 is 15.1 Å². The number of carbonyl (C=O) groups excluding carboxylic acids is 1. The lowest BCUT2D eigenvalue weighted by atomic mass is 10.0. The average Bonchev–Trinajstić information content (AvgIpc) is 3.13. The molecule has 0 saturated carbocycles. The number of fused-ring (bicyclic) bond motifs is 2. The number of esters is 1. The second-order valence-electron chi connectivity index (χ2n) is 6.58. The fraction of sp³-hybridized carbons (Fsp3) is 0.200. The minimum Gasteiger partial charge on any atom is -0.457 e. The van der Waals surface area contributed by atoms with Crippen molar-refractivity contribution in [3.63, 3.8) is 0 Å². The molecule has 0 saturated heterocycles. The van der Waals surface area contributed by atoms with E-state index in [1.54, 1.807) is 6.07 Å². The van der Waals surface area contributed by atoms with Crippen molar-refractivity contribution in [2.24, 2.45) is 0 Å². The summed E-state index contributed by atoms with van der Waals surface area (Å²) >= 11 is 0. The summed E-state index contributed by atoms with van der Waals surface area (Å²) in [6, 6.07) is 7.14. The van der Waals surface area contributed by atoms with Crippen molar-refractivity contribution in [1.82, 2.24) is 0 Å². The zero-order valence-corrected chi connectivity index (χ0v) is 15.5. The quantitative estimate of drug-likeness (QED) is 0.284. The van der Waals surface area contributed by atoms with Gasteiger partial charge in [-0.25, -0.2) is 9.59 Å². The summed E-state index contributed by atoms with van der Waals surface area (Å²) in [5.74, 6) is -0.509. The Morgan fingerprint density at radius 3 is 2.52 bits per heavy atom. The third-order valence-electron chi connectivity index (χ3n) is 4.71. The Hall–Kier alpha value is -3.88. The van der Waals surface area contributed by atoms with Gasteiger partial charge in [-0.1, -0.05) is 0 Å². The SMILES string of the molecule is Cc1cc2oc(=O)cc(COC(=O)c3cc4c(cc3[N+](=O)[O-])OCO4)c2cc1C. The van der Waals surface area contributed by atoms with Crippen LogP contribution in [-0.4, -0.2) is 17.7 Å². The second kappa shape index (κ2) is 6.93. The third kappa shape index (κ3) is 3.38. The highest BCUT2D eigenvalue weighted by Gasteiger charge is 2.28. The largest absolute Gasteiger partial charge is 0.457 e. The second-order valence-corrected chi connectivity index (χ2v) is 6.58. The van der Waals surface area contributed by atoms with Crippen LogP contribution >= 0.6 is 0 Å². The van der Waals surface area contributed by atoms with Crippen molar-refractivity contribution in [2.75, 3.05) is 6.79 Å². The van der Waals surface area contributed by atoms with Crippen LogP contribution in [0.3, 0.4) is 0 Å². The van der Waals surface area contributed by atoms with Crippen LogP contribution in [0.15, 0.2) is 39.5 Å². The molecule has 1 aliphatic rings. The van der Waals surface area contributed by atoms with E-state index >= 15 is 0 Å². The van der Waals surface area contributed by atoms with Gasteiger partial charge < -0.3 is 18.6 Å². The molecule has 0 spiro atoms. The standard InChI is InChI=1S/C20H15NO8/c1-10-3-13-12(5-19(22)29-16(13)4-11(10)2)8-26-20(23)14-6-17-18(28-9-27-17)7-15(14)21(24)25/h3-7H,8-9H2,1-2H3. The molecule has 0 radical (unpaired) electrons. The van der Waals surface area contributed by atoms with Crippen LogP contribution in [-0.2, 0) is 11.3 Å². The van der Waals surface area contributed by atoms with Gasteiger partial charge in [0.25, 0.3) is 5.69 Å². The summed E-state index contributed by atoms with van der Waals surface area (Å²) in [5, 5.41) is 12.0. The molecule has 0 bridgehead atoms. The van der Waals surface area contributed by atoms with Crippen molar-refractivity contribution >= 4 is 22.6 Å². The molecule has 0 unspecified atom stereocenters. The highest BCUT2D eigenvalue weighted by Crippen LogP contribution is 2.38. The predicted molar refractivity (Wildman–Crippen MR) is 100 cm³/mol. The summed E-state index contributed by atoms with van der Waals surface area (Å²) in [4.78, 5) is 35.1. The number of hydrogen-bond donors (Lipinski definition) is 0. The van der Waals surface area contributed by atoms with E-state index in [1.807, 2.05) is 19.9 Å². The van der Waals surface area contributed by atoms with E-state index in [0.717, 1.165) is 17.2 Å². The van der Waals surface area contributed by atoms with Crippen LogP contribution in [0.2, 0.25) is 0 Å². The van der Waals surface area contributed by atoms with E-state index in [4.69, 9.17) is 18.6 Å². The van der Waals surface area contributed by atoms with Crippen molar-refractivity contribution in [3.05, 3.63) is 73.1 Å². The van der Waals surface area contributed by atoms with E-state index in [2.05, 4.69) is 0 Å². The van der Waals surface area contributed by atoms with Gasteiger partial charge in [-0.05, 0) is 37.1 Å². The highest BCUT2D eigenvalue weighted by molar-refractivity contribution is 5.95. The van der Waals surface area contributed by atoms with Gasteiger partial charge in [0.15, 0.2) is 11.5 Å².